The summed E-state index contributed by atoms with van der Waals surface area (Å²) in [4.78, 5) is 17.7. The predicted octanol–water partition coefficient (Wildman–Crippen LogP) is 1.72. The van der Waals surface area contributed by atoms with Gasteiger partial charge >= 0.3 is 0 Å². The summed E-state index contributed by atoms with van der Waals surface area (Å²) in [6.45, 7) is 1.34. The third-order valence-electron chi connectivity index (χ3n) is 2.48. The minimum Gasteiger partial charge on any atom is -0.397 e. The van der Waals surface area contributed by atoms with Gasteiger partial charge in [0.05, 0.1) is 17.4 Å². The van der Waals surface area contributed by atoms with Crippen LogP contribution in [0.5, 0.6) is 0 Å². The van der Waals surface area contributed by atoms with E-state index < -0.39 is 0 Å². The van der Waals surface area contributed by atoms with Gasteiger partial charge in [-0.25, -0.2) is 4.98 Å². The number of hydrogen-bond acceptors (Lipinski definition) is 3. The van der Waals surface area contributed by atoms with Crippen LogP contribution in [-0.4, -0.2) is 28.9 Å². The van der Waals surface area contributed by atoms with Crippen LogP contribution >= 0.6 is 11.6 Å². The molecule has 0 radical (unpaired) electrons. The van der Waals surface area contributed by atoms with Gasteiger partial charge in [-0.15, -0.1) is 0 Å². The Balaban J connectivity index is 2.26. The fourth-order valence-corrected chi connectivity index (χ4v) is 1.78. The summed E-state index contributed by atoms with van der Waals surface area (Å²) in [5.74, 6) is -0.0915. The van der Waals surface area contributed by atoms with Crippen LogP contribution in [0.25, 0.3) is 0 Å². The summed E-state index contributed by atoms with van der Waals surface area (Å²) in [5, 5.41) is 0.283. The largest absolute Gasteiger partial charge is 0.397 e. The van der Waals surface area contributed by atoms with E-state index in [0.717, 1.165) is 6.42 Å². The summed E-state index contributed by atoms with van der Waals surface area (Å²) in [5.41, 5.74) is 6.50. The van der Waals surface area contributed by atoms with Crippen molar-refractivity contribution in [3.05, 3.63) is 35.1 Å². The van der Waals surface area contributed by atoms with Gasteiger partial charge in [-0.2, -0.15) is 0 Å². The zero-order valence-corrected chi connectivity index (χ0v) is 9.44. The molecule has 2 N–H and O–H groups in total. The first kappa shape index (κ1) is 11.0. The van der Waals surface area contributed by atoms with Gasteiger partial charge in [-0.1, -0.05) is 23.8 Å². The van der Waals surface area contributed by atoms with Crippen molar-refractivity contribution in [2.45, 2.75) is 6.42 Å². The Bertz CT molecular complexity index is 445. The number of anilines is 1. The molecule has 2 heterocycles. The van der Waals surface area contributed by atoms with Crippen LogP contribution in [0.2, 0.25) is 5.15 Å². The van der Waals surface area contributed by atoms with Crippen LogP contribution in [-0.2, 0) is 0 Å². The average molecular weight is 238 g/mol. The minimum atomic E-state index is -0.0915. The van der Waals surface area contributed by atoms with E-state index >= 15 is 0 Å². The highest BCUT2D eigenvalue weighted by atomic mass is 35.5. The van der Waals surface area contributed by atoms with Crippen molar-refractivity contribution in [2.24, 2.45) is 0 Å². The van der Waals surface area contributed by atoms with Crippen molar-refractivity contribution in [3.8, 4) is 0 Å². The van der Waals surface area contributed by atoms with Gasteiger partial charge in [-0.05, 0) is 12.5 Å². The van der Waals surface area contributed by atoms with E-state index in [1.807, 2.05) is 6.08 Å². The minimum absolute atomic E-state index is 0.0915. The molecule has 0 bridgehead atoms. The van der Waals surface area contributed by atoms with E-state index in [9.17, 15) is 4.79 Å². The molecular formula is C11H12ClN3O. The third-order valence-corrected chi connectivity index (χ3v) is 2.68. The smallest absolute Gasteiger partial charge is 0.256 e. The van der Waals surface area contributed by atoms with Crippen molar-refractivity contribution in [3.63, 3.8) is 0 Å². The van der Waals surface area contributed by atoms with E-state index in [2.05, 4.69) is 11.1 Å². The van der Waals surface area contributed by atoms with E-state index in [0.29, 0.717) is 24.3 Å². The maximum absolute atomic E-state index is 12.1. The van der Waals surface area contributed by atoms with Crippen LogP contribution in [0.15, 0.2) is 24.4 Å². The Kier molecular flexibility index (Phi) is 3.10. The van der Waals surface area contributed by atoms with Crippen molar-refractivity contribution >= 4 is 23.2 Å². The van der Waals surface area contributed by atoms with Gasteiger partial charge in [0, 0.05) is 13.1 Å². The fraction of sp³-hybridized carbons (Fsp3) is 0.273. The number of carbonyl (C=O) groups is 1. The number of amides is 1. The second-order valence-corrected chi connectivity index (χ2v) is 3.99. The lowest BCUT2D eigenvalue weighted by atomic mass is 10.1. The van der Waals surface area contributed by atoms with Crippen molar-refractivity contribution in [2.75, 3.05) is 18.8 Å². The lowest BCUT2D eigenvalue weighted by molar-refractivity contribution is 0.0772. The highest BCUT2D eigenvalue weighted by molar-refractivity contribution is 6.29. The number of pyridine rings is 1. The van der Waals surface area contributed by atoms with Gasteiger partial charge in [0.2, 0.25) is 0 Å². The van der Waals surface area contributed by atoms with Crippen LogP contribution in [0.1, 0.15) is 16.8 Å². The van der Waals surface area contributed by atoms with Gasteiger partial charge in [0.1, 0.15) is 5.15 Å². The molecule has 2 rings (SSSR count). The third kappa shape index (κ3) is 2.17. The molecule has 16 heavy (non-hydrogen) atoms. The van der Waals surface area contributed by atoms with E-state index in [4.69, 9.17) is 17.3 Å². The zero-order chi connectivity index (χ0) is 11.5. The topological polar surface area (TPSA) is 59.2 Å². The molecule has 0 fully saturated rings. The van der Waals surface area contributed by atoms with Gasteiger partial charge in [-0.3, -0.25) is 4.79 Å². The van der Waals surface area contributed by atoms with Crippen molar-refractivity contribution < 1.29 is 4.79 Å². The number of nitrogen functional groups attached to an aromatic ring is 1. The van der Waals surface area contributed by atoms with Gasteiger partial charge in [0.25, 0.3) is 5.91 Å². The van der Waals surface area contributed by atoms with Crippen LogP contribution in [0.4, 0.5) is 5.69 Å². The molecule has 0 spiro atoms. The molecular weight excluding hydrogens is 226 g/mol. The highest BCUT2D eigenvalue weighted by Crippen LogP contribution is 2.18. The van der Waals surface area contributed by atoms with Gasteiger partial charge in [0.15, 0.2) is 0 Å². The van der Waals surface area contributed by atoms with Gasteiger partial charge < -0.3 is 10.6 Å². The fourth-order valence-electron chi connectivity index (χ4n) is 1.62. The molecule has 0 aliphatic carbocycles. The van der Waals surface area contributed by atoms with Crippen LogP contribution in [0.3, 0.4) is 0 Å². The van der Waals surface area contributed by atoms with E-state index in [1.54, 1.807) is 4.90 Å². The first-order valence-electron chi connectivity index (χ1n) is 5.04. The maximum atomic E-state index is 12.1. The predicted molar refractivity (Wildman–Crippen MR) is 63.3 cm³/mol. The zero-order valence-electron chi connectivity index (χ0n) is 8.69. The highest BCUT2D eigenvalue weighted by Gasteiger charge is 2.18. The van der Waals surface area contributed by atoms with Crippen LogP contribution < -0.4 is 5.73 Å². The van der Waals surface area contributed by atoms with Crippen LogP contribution in [0, 0.1) is 0 Å². The molecule has 1 aromatic rings. The Morgan fingerprint density at radius 2 is 2.31 bits per heavy atom. The molecule has 0 aromatic carbocycles. The number of nitrogens with zero attached hydrogens (tertiary/aromatic N) is 2. The molecule has 5 heteroatoms. The van der Waals surface area contributed by atoms with E-state index in [-0.39, 0.29) is 11.1 Å². The molecule has 0 saturated carbocycles. The molecule has 1 aliphatic rings. The SMILES string of the molecule is Nc1cnc(Cl)cc1C(=O)N1CC=CCC1. The summed E-state index contributed by atoms with van der Waals surface area (Å²) in [6, 6.07) is 1.51. The first-order valence-corrected chi connectivity index (χ1v) is 5.41. The summed E-state index contributed by atoms with van der Waals surface area (Å²) >= 11 is 5.75. The second kappa shape index (κ2) is 4.53. The number of halogens is 1. The molecule has 1 aliphatic heterocycles. The quantitative estimate of drug-likeness (QED) is 0.598. The Morgan fingerprint density at radius 3 is 3.00 bits per heavy atom. The summed E-state index contributed by atoms with van der Waals surface area (Å²) < 4.78 is 0. The monoisotopic (exact) mass is 237 g/mol. The second-order valence-electron chi connectivity index (χ2n) is 3.61. The molecule has 0 unspecified atom stereocenters. The Morgan fingerprint density at radius 1 is 1.50 bits per heavy atom. The lowest BCUT2D eigenvalue weighted by Crippen LogP contribution is -2.34. The molecule has 4 nitrogen and oxygen atoms in total. The number of rotatable bonds is 1. The molecule has 1 aromatic heterocycles. The Labute approximate surface area is 98.7 Å². The Hall–Kier alpha value is -1.55. The van der Waals surface area contributed by atoms with E-state index in [1.165, 1.54) is 12.3 Å². The molecule has 1 amide bonds. The number of carbonyl (C=O) groups excluding carboxylic acids is 1. The number of aromatic nitrogens is 1. The molecule has 0 saturated heterocycles. The maximum Gasteiger partial charge on any atom is 0.256 e. The first-order chi connectivity index (χ1) is 7.68. The standard InChI is InChI=1S/C11H12ClN3O/c12-10-6-8(9(13)7-14-10)11(16)15-4-2-1-3-5-15/h1-2,6-7H,3-5,13H2. The summed E-state index contributed by atoms with van der Waals surface area (Å²) in [6.07, 6.45) is 6.33. The molecule has 84 valence electrons. The lowest BCUT2D eigenvalue weighted by Gasteiger charge is -2.23. The average Bonchev–Trinajstić information content (AvgIpc) is 2.32. The molecule has 0 atom stereocenters. The normalized spacial score (nSPS) is 15.2. The number of hydrogen-bond donors (Lipinski definition) is 1. The number of nitrogens with two attached hydrogens (primary N) is 1. The summed E-state index contributed by atoms with van der Waals surface area (Å²) in [7, 11) is 0. The van der Waals surface area contributed by atoms with Crippen molar-refractivity contribution in [1.82, 2.24) is 9.88 Å². The van der Waals surface area contributed by atoms with Crippen molar-refractivity contribution in [1.29, 1.82) is 0 Å².